The van der Waals surface area contributed by atoms with E-state index in [2.05, 4.69) is 33.0 Å². The lowest BCUT2D eigenvalue weighted by molar-refractivity contribution is 0.292. The molecule has 0 heterocycles. The molecule has 1 N–H and O–H groups in total. The van der Waals surface area contributed by atoms with Crippen LogP contribution in [0.5, 0.6) is 0 Å². The molecule has 3 heteroatoms. The van der Waals surface area contributed by atoms with Crippen molar-refractivity contribution in [3.05, 3.63) is 34.6 Å². The lowest BCUT2D eigenvalue weighted by atomic mass is 9.84. The fourth-order valence-corrected chi connectivity index (χ4v) is 2.63. The average molecular weight is 272 g/mol. The summed E-state index contributed by atoms with van der Waals surface area (Å²) in [6, 6.07) is 5.45. The zero-order chi connectivity index (χ0) is 13.7. The minimum Gasteiger partial charge on any atom is -0.314 e. The molecule has 1 nitrogen and oxygen atoms in total. The third kappa shape index (κ3) is 3.96. The second-order valence-corrected chi connectivity index (χ2v) is 5.55. The van der Waals surface area contributed by atoms with E-state index in [-0.39, 0.29) is 10.8 Å². The summed E-state index contributed by atoms with van der Waals surface area (Å²) in [5.74, 6) is 0.649. The maximum Gasteiger partial charge on any atom is 0.142 e. The average Bonchev–Trinajstić information content (AvgIpc) is 2.30. The number of halogens is 2. The van der Waals surface area contributed by atoms with Crippen molar-refractivity contribution in [1.82, 2.24) is 5.32 Å². The van der Waals surface area contributed by atoms with Crippen molar-refractivity contribution in [1.29, 1.82) is 0 Å². The van der Waals surface area contributed by atoms with Crippen molar-refractivity contribution in [2.75, 3.05) is 6.54 Å². The van der Waals surface area contributed by atoms with Gasteiger partial charge in [0.05, 0.1) is 5.02 Å². The Morgan fingerprint density at radius 3 is 2.50 bits per heavy atom. The van der Waals surface area contributed by atoms with Crippen LogP contribution in [0, 0.1) is 17.7 Å². The topological polar surface area (TPSA) is 12.0 Å². The van der Waals surface area contributed by atoms with Crippen LogP contribution in [-0.2, 0) is 6.42 Å². The number of benzene rings is 1. The van der Waals surface area contributed by atoms with E-state index in [4.69, 9.17) is 11.6 Å². The van der Waals surface area contributed by atoms with Gasteiger partial charge in [0, 0.05) is 6.04 Å². The molecule has 1 aromatic carbocycles. The Balaban J connectivity index is 2.86. The third-order valence-corrected chi connectivity index (χ3v) is 3.94. The molecule has 0 aliphatic heterocycles. The van der Waals surface area contributed by atoms with Crippen molar-refractivity contribution in [3.63, 3.8) is 0 Å². The first-order valence-electron chi connectivity index (χ1n) is 6.63. The van der Waals surface area contributed by atoms with Crippen molar-refractivity contribution in [2.24, 2.45) is 11.8 Å². The van der Waals surface area contributed by atoms with Gasteiger partial charge in [-0.2, -0.15) is 0 Å². The number of hydrogen-bond donors (Lipinski definition) is 1. The monoisotopic (exact) mass is 271 g/mol. The normalized spacial score (nSPS) is 14.8. The highest BCUT2D eigenvalue weighted by Crippen LogP contribution is 2.27. The molecule has 102 valence electrons. The molecule has 0 fully saturated rings. The molecule has 0 aromatic heterocycles. The Labute approximate surface area is 115 Å². The molecule has 0 amide bonds. The highest BCUT2D eigenvalue weighted by molar-refractivity contribution is 6.31. The van der Waals surface area contributed by atoms with Crippen LogP contribution in [0.4, 0.5) is 4.39 Å². The zero-order valence-corrected chi connectivity index (χ0v) is 12.4. The van der Waals surface area contributed by atoms with Crippen LogP contribution >= 0.6 is 11.6 Å². The Morgan fingerprint density at radius 1 is 1.28 bits per heavy atom. The van der Waals surface area contributed by atoms with Gasteiger partial charge in [-0.1, -0.05) is 44.5 Å². The van der Waals surface area contributed by atoms with Gasteiger partial charge in [0.2, 0.25) is 0 Å². The zero-order valence-electron chi connectivity index (χ0n) is 11.6. The molecule has 1 aromatic rings. The molecule has 18 heavy (non-hydrogen) atoms. The Morgan fingerprint density at radius 2 is 1.94 bits per heavy atom. The SMILES string of the molecule is CCNC(C)C(Cc1cccc(F)c1Cl)C(C)C. The van der Waals surface area contributed by atoms with Gasteiger partial charge in [-0.3, -0.25) is 0 Å². The summed E-state index contributed by atoms with van der Waals surface area (Å²) in [6.45, 7) is 9.63. The molecule has 2 atom stereocenters. The lowest BCUT2D eigenvalue weighted by Crippen LogP contribution is -2.37. The van der Waals surface area contributed by atoms with Crippen LogP contribution in [0.15, 0.2) is 18.2 Å². The highest BCUT2D eigenvalue weighted by Gasteiger charge is 2.22. The van der Waals surface area contributed by atoms with Crippen LogP contribution < -0.4 is 5.32 Å². The maximum atomic E-state index is 13.4. The third-order valence-electron chi connectivity index (χ3n) is 3.51. The molecule has 0 spiro atoms. The van der Waals surface area contributed by atoms with Crippen molar-refractivity contribution < 1.29 is 4.39 Å². The van der Waals surface area contributed by atoms with Crippen molar-refractivity contribution in [2.45, 2.75) is 40.2 Å². The summed E-state index contributed by atoms with van der Waals surface area (Å²) in [4.78, 5) is 0. The van der Waals surface area contributed by atoms with E-state index in [0.29, 0.717) is 17.9 Å². The van der Waals surface area contributed by atoms with Gasteiger partial charge in [0.25, 0.3) is 0 Å². The Hall–Kier alpha value is -0.600. The van der Waals surface area contributed by atoms with Gasteiger partial charge in [0.1, 0.15) is 5.82 Å². The number of hydrogen-bond acceptors (Lipinski definition) is 1. The molecule has 0 aliphatic rings. The minimum atomic E-state index is -0.326. The fraction of sp³-hybridized carbons (Fsp3) is 0.600. The summed E-state index contributed by atoms with van der Waals surface area (Å²) < 4.78 is 13.4. The Kier molecular flexibility index (Phi) is 6.10. The molecule has 0 saturated carbocycles. The standard InChI is InChI=1S/C15H23ClFN/c1-5-18-11(4)13(10(2)3)9-12-7-6-8-14(17)15(12)16/h6-8,10-11,13,18H,5,9H2,1-4H3. The molecule has 0 radical (unpaired) electrons. The second-order valence-electron chi connectivity index (χ2n) is 5.17. The Bertz CT molecular complexity index is 379. The first-order valence-corrected chi connectivity index (χ1v) is 7.01. The molecular formula is C15H23ClFN. The maximum absolute atomic E-state index is 13.4. The fourth-order valence-electron chi connectivity index (χ4n) is 2.42. The van der Waals surface area contributed by atoms with Crippen LogP contribution in [0.2, 0.25) is 5.02 Å². The van der Waals surface area contributed by atoms with E-state index in [1.54, 1.807) is 6.07 Å². The van der Waals surface area contributed by atoms with Crippen LogP contribution in [-0.4, -0.2) is 12.6 Å². The van der Waals surface area contributed by atoms with Gasteiger partial charge in [-0.15, -0.1) is 0 Å². The van der Waals surface area contributed by atoms with E-state index in [9.17, 15) is 4.39 Å². The molecule has 1 rings (SSSR count). The van der Waals surface area contributed by atoms with Gasteiger partial charge in [-0.05, 0) is 43.4 Å². The number of nitrogens with one attached hydrogen (secondary N) is 1. The first kappa shape index (κ1) is 15.5. The predicted octanol–water partition coefficient (Wildman–Crippen LogP) is 4.29. The summed E-state index contributed by atoms with van der Waals surface area (Å²) >= 11 is 6.03. The van der Waals surface area contributed by atoms with Crippen LogP contribution in [0.1, 0.15) is 33.3 Å². The highest BCUT2D eigenvalue weighted by atomic mass is 35.5. The van der Waals surface area contributed by atoms with Crippen LogP contribution in [0.3, 0.4) is 0 Å². The first-order chi connectivity index (χ1) is 8.47. The van der Waals surface area contributed by atoms with Crippen molar-refractivity contribution in [3.8, 4) is 0 Å². The smallest absolute Gasteiger partial charge is 0.142 e. The van der Waals surface area contributed by atoms with E-state index >= 15 is 0 Å². The summed E-state index contributed by atoms with van der Waals surface area (Å²) in [5, 5.41) is 3.71. The van der Waals surface area contributed by atoms with E-state index < -0.39 is 0 Å². The summed E-state index contributed by atoms with van der Waals surface area (Å²) in [5.41, 5.74) is 0.903. The lowest BCUT2D eigenvalue weighted by Gasteiger charge is -2.28. The number of rotatable bonds is 6. The van der Waals surface area contributed by atoms with Crippen molar-refractivity contribution >= 4 is 11.6 Å². The minimum absolute atomic E-state index is 0.270. The predicted molar refractivity (Wildman–Crippen MR) is 76.6 cm³/mol. The van der Waals surface area contributed by atoms with Gasteiger partial charge >= 0.3 is 0 Å². The van der Waals surface area contributed by atoms with E-state index in [1.807, 2.05) is 6.07 Å². The van der Waals surface area contributed by atoms with Gasteiger partial charge < -0.3 is 5.32 Å². The summed E-state index contributed by atoms with van der Waals surface area (Å²) in [7, 11) is 0. The van der Waals surface area contributed by atoms with Gasteiger partial charge in [-0.25, -0.2) is 4.39 Å². The largest absolute Gasteiger partial charge is 0.314 e. The molecule has 2 unspecified atom stereocenters. The molecule has 0 aliphatic carbocycles. The van der Waals surface area contributed by atoms with E-state index in [0.717, 1.165) is 18.5 Å². The second kappa shape index (κ2) is 7.10. The van der Waals surface area contributed by atoms with Crippen LogP contribution in [0.25, 0.3) is 0 Å². The van der Waals surface area contributed by atoms with E-state index in [1.165, 1.54) is 6.07 Å². The van der Waals surface area contributed by atoms with Gasteiger partial charge in [0.15, 0.2) is 0 Å². The quantitative estimate of drug-likeness (QED) is 0.814. The molecular weight excluding hydrogens is 249 g/mol. The molecule has 0 bridgehead atoms. The molecule has 0 saturated heterocycles. The summed E-state index contributed by atoms with van der Waals surface area (Å²) in [6.07, 6.45) is 0.808.